The zero-order chi connectivity index (χ0) is 12.3. The summed E-state index contributed by atoms with van der Waals surface area (Å²) in [5.74, 6) is 0.900. The largest absolute Gasteiger partial charge is 0.479 e. The van der Waals surface area contributed by atoms with Crippen LogP contribution < -0.4 is 5.32 Å². The van der Waals surface area contributed by atoms with Crippen molar-refractivity contribution in [2.75, 3.05) is 16.8 Å². The Morgan fingerprint density at radius 3 is 2.82 bits per heavy atom. The second-order valence-electron chi connectivity index (χ2n) is 4.15. The van der Waals surface area contributed by atoms with Crippen molar-refractivity contribution in [1.29, 1.82) is 0 Å². The first-order chi connectivity index (χ1) is 8.14. The van der Waals surface area contributed by atoms with Crippen LogP contribution in [0.4, 0.5) is 5.69 Å². The van der Waals surface area contributed by atoms with Crippen molar-refractivity contribution >= 4 is 39.3 Å². The van der Waals surface area contributed by atoms with Gasteiger partial charge in [-0.1, -0.05) is 12.1 Å². The number of benzene rings is 1. The van der Waals surface area contributed by atoms with Gasteiger partial charge in [0.15, 0.2) is 0 Å². The molecule has 3 nitrogen and oxygen atoms in total. The average molecular weight is 316 g/mol. The van der Waals surface area contributed by atoms with Gasteiger partial charge in [-0.15, -0.1) is 0 Å². The number of carboxylic acid groups (broad SMARTS) is 1. The summed E-state index contributed by atoms with van der Waals surface area (Å²) in [6.45, 7) is 0. The van der Waals surface area contributed by atoms with E-state index in [-0.39, 0.29) is 0 Å². The molecule has 0 radical (unpaired) electrons. The van der Waals surface area contributed by atoms with Crippen LogP contribution in [0.2, 0.25) is 0 Å². The van der Waals surface area contributed by atoms with Gasteiger partial charge in [0.1, 0.15) is 5.54 Å². The fourth-order valence-corrected chi connectivity index (χ4v) is 3.50. The summed E-state index contributed by atoms with van der Waals surface area (Å²) in [6, 6.07) is 7.62. The molecule has 0 bridgehead atoms. The molecule has 1 fully saturated rings. The highest BCUT2D eigenvalue weighted by Crippen LogP contribution is 2.33. The number of carbonyl (C=O) groups is 1. The number of aliphatic carboxylic acids is 1. The lowest BCUT2D eigenvalue weighted by molar-refractivity contribution is -0.141. The Morgan fingerprint density at radius 2 is 2.24 bits per heavy atom. The molecule has 2 rings (SSSR count). The van der Waals surface area contributed by atoms with Crippen molar-refractivity contribution in [3.63, 3.8) is 0 Å². The number of anilines is 1. The molecule has 0 aromatic heterocycles. The molecule has 1 saturated heterocycles. The van der Waals surface area contributed by atoms with E-state index in [0.717, 1.165) is 22.3 Å². The van der Waals surface area contributed by atoms with E-state index in [9.17, 15) is 9.90 Å². The van der Waals surface area contributed by atoms with Crippen molar-refractivity contribution < 1.29 is 9.90 Å². The van der Waals surface area contributed by atoms with Gasteiger partial charge in [-0.3, -0.25) is 0 Å². The fourth-order valence-electron chi connectivity index (χ4n) is 1.94. The number of carboxylic acids is 1. The number of thioether (sulfide) groups is 1. The molecule has 1 aromatic rings. The molecule has 1 aromatic carbocycles. The maximum absolute atomic E-state index is 11.5. The van der Waals surface area contributed by atoms with Crippen molar-refractivity contribution in [3.8, 4) is 0 Å². The fraction of sp³-hybridized carbons (Fsp3) is 0.417. The third kappa shape index (κ3) is 2.77. The van der Waals surface area contributed by atoms with Gasteiger partial charge >= 0.3 is 5.97 Å². The number of para-hydroxylation sites is 1. The third-order valence-corrected chi connectivity index (χ3v) is 4.86. The number of rotatable bonds is 3. The molecule has 1 atom stereocenters. The molecular formula is C12H14BrNO2S. The summed E-state index contributed by atoms with van der Waals surface area (Å²) in [7, 11) is 0. The number of halogens is 1. The Morgan fingerprint density at radius 1 is 1.47 bits per heavy atom. The van der Waals surface area contributed by atoms with E-state index in [2.05, 4.69) is 21.2 Å². The predicted molar refractivity (Wildman–Crippen MR) is 74.7 cm³/mol. The lowest BCUT2D eigenvalue weighted by atomic mass is 9.95. The van der Waals surface area contributed by atoms with E-state index < -0.39 is 11.5 Å². The van der Waals surface area contributed by atoms with Crippen LogP contribution in [0.5, 0.6) is 0 Å². The van der Waals surface area contributed by atoms with Crippen LogP contribution in [0.3, 0.4) is 0 Å². The first-order valence-corrected chi connectivity index (χ1v) is 7.43. The van der Waals surface area contributed by atoms with Gasteiger partial charge < -0.3 is 10.4 Å². The van der Waals surface area contributed by atoms with Gasteiger partial charge in [-0.2, -0.15) is 11.8 Å². The summed E-state index contributed by atoms with van der Waals surface area (Å²) in [6.07, 6.45) is 1.62. The van der Waals surface area contributed by atoms with E-state index in [1.165, 1.54) is 0 Å². The zero-order valence-electron chi connectivity index (χ0n) is 9.28. The smallest absolute Gasteiger partial charge is 0.330 e. The second-order valence-corrected chi connectivity index (χ2v) is 6.11. The van der Waals surface area contributed by atoms with Crippen LogP contribution in [-0.4, -0.2) is 28.1 Å². The van der Waals surface area contributed by atoms with Crippen LogP contribution >= 0.6 is 27.7 Å². The van der Waals surface area contributed by atoms with Gasteiger partial charge in [0.25, 0.3) is 0 Å². The Balaban J connectivity index is 2.24. The summed E-state index contributed by atoms with van der Waals surface area (Å²) >= 11 is 5.13. The first-order valence-electron chi connectivity index (χ1n) is 5.48. The molecular weight excluding hydrogens is 302 g/mol. The summed E-state index contributed by atoms with van der Waals surface area (Å²) in [5, 5.41) is 12.6. The lowest BCUT2D eigenvalue weighted by Crippen LogP contribution is -2.50. The van der Waals surface area contributed by atoms with Gasteiger partial charge in [-0.05, 0) is 46.7 Å². The topological polar surface area (TPSA) is 49.3 Å². The molecule has 17 heavy (non-hydrogen) atoms. The number of hydrogen-bond donors (Lipinski definition) is 2. The molecule has 2 N–H and O–H groups in total. The van der Waals surface area contributed by atoms with E-state index in [1.807, 2.05) is 24.3 Å². The molecule has 1 aliphatic heterocycles. The van der Waals surface area contributed by atoms with Crippen LogP contribution in [-0.2, 0) is 4.79 Å². The molecule has 1 heterocycles. The molecule has 0 saturated carbocycles. The van der Waals surface area contributed by atoms with E-state index in [1.54, 1.807) is 11.8 Å². The van der Waals surface area contributed by atoms with Crippen LogP contribution in [0.1, 0.15) is 12.8 Å². The van der Waals surface area contributed by atoms with E-state index in [0.29, 0.717) is 12.2 Å². The summed E-state index contributed by atoms with van der Waals surface area (Å²) in [5.41, 5.74) is 0.0182. The molecule has 0 spiro atoms. The van der Waals surface area contributed by atoms with E-state index >= 15 is 0 Å². The lowest BCUT2D eigenvalue weighted by Gasteiger charge is -2.34. The monoisotopic (exact) mass is 315 g/mol. The Labute approximate surface area is 113 Å². The second kappa shape index (κ2) is 5.31. The van der Waals surface area contributed by atoms with Gasteiger partial charge in [0, 0.05) is 15.9 Å². The Hall–Kier alpha value is -0.680. The van der Waals surface area contributed by atoms with Crippen molar-refractivity contribution in [3.05, 3.63) is 28.7 Å². The maximum atomic E-state index is 11.5. The first kappa shape index (κ1) is 12.8. The highest BCUT2D eigenvalue weighted by Gasteiger charge is 2.40. The molecule has 1 unspecified atom stereocenters. The quantitative estimate of drug-likeness (QED) is 0.899. The third-order valence-electron chi connectivity index (χ3n) is 2.90. The Bertz CT molecular complexity index is 419. The maximum Gasteiger partial charge on any atom is 0.330 e. The van der Waals surface area contributed by atoms with Gasteiger partial charge in [0.05, 0.1) is 0 Å². The highest BCUT2D eigenvalue weighted by atomic mass is 79.9. The molecule has 5 heteroatoms. The molecule has 0 amide bonds. The Kier molecular flexibility index (Phi) is 3.99. The molecule has 1 aliphatic rings. The van der Waals surface area contributed by atoms with Crippen LogP contribution in [0, 0.1) is 0 Å². The predicted octanol–water partition coefficient (Wildman–Crippen LogP) is 3.21. The van der Waals surface area contributed by atoms with Crippen molar-refractivity contribution in [2.45, 2.75) is 18.4 Å². The SMILES string of the molecule is O=C(O)C1(Nc2ccccc2Br)CCCSC1. The molecule has 92 valence electrons. The van der Waals surface area contributed by atoms with Gasteiger partial charge in [-0.25, -0.2) is 4.79 Å². The van der Waals surface area contributed by atoms with Crippen LogP contribution in [0.15, 0.2) is 28.7 Å². The van der Waals surface area contributed by atoms with Crippen molar-refractivity contribution in [1.82, 2.24) is 0 Å². The number of hydrogen-bond acceptors (Lipinski definition) is 3. The normalized spacial score (nSPS) is 24.3. The van der Waals surface area contributed by atoms with Gasteiger partial charge in [0.2, 0.25) is 0 Å². The summed E-state index contributed by atoms with van der Waals surface area (Å²) in [4.78, 5) is 11.5. The zero-order valence-corrected chi connectivity index (χ0v) is 11.7. The summed E-state index contributed by atoms with van der Waals surface area (Å²) < 4.78 is 0.899. The standard InChI is InChI=1S/C12H14BrNO2S/c13-9-4-1-2-5-10(9)14-12(11(15)16)6-3-7-17-8-12/h1-2,4-5,14H,3,6-8H2,(H,15,16). The van der Waals surface area contributed by atoms with Crippen LogP contribution in [0.25, 0.3) is 0 Å². The highest BCUT2D eigenvalue weighted by molar-refractivity contribution is 9.10. The minimum Gasteiger partial charge on any atom is -0.479 e. The van der Waals surface area contributed by atoms with E-state index in [4.69, 9.17) is 0 Å². The minimum atomic E-state index is -0.827. The molecule has 0 aliphatic carbocycles. The number of nitrogens with one attached hydrogen (secondary N) is 1. The average Bonchev–Trinajstić information content (AvgIpc) is 2.33. The minimum absolute atomic E-state index is 0.615. The van der Waals surface area contributed by atoms with Crippen molar-refractivity contribution in [2.24, 2.45) is 0 Å².